The first-order valence-electron chi connectivity index (χ1n) is 5.95. The zero-order valence-corrected chi connectivity index (χ0v) is 10.5. The molecule has 0 bridgehead atoms. The molecule has 94 valence electrons. The fourth-order valence-corrected chi connectivity index (χ4v) is 1.90. The van der Waals surface area contributed by atoms with Gasteiger partial charge in [-0.15, -0.1) is 0 Å². The lowest BCUT2D eigenvalue weighted by atomic mass is 10.2. The van der Waals surface area contributed by atoms with Gasteiger partial charge in [-0.2, -0.15) is 5.10 Å². The number of hydrogen-bond donors (Lipinski definition) is 1. The highest BCUT2D eigenvalue weighted by atomic mass is 16.6. The Morgan fingerprint density at radius 1 is 1.59 bits per heavy atom. The van der Waals surface area contributed by atoms with Crippen molar-refractivity contribution in [2.45, 2.75) is 45.1 Å². The summed E-state index contributed by atoms with van der Waals surface area (Å²) in [6.07, 6.45) is 3.61. The third kappa shape index (κ3) is 2.25. The smallest absolute Gasteiger partial charge is 0.334 e. The lowest BCUT2D eigenvalue weighted by molar-refractivity contribution is -0.384. The predicted octanol–water partition coefficient (Wildman–Crippen LogP) is 2.25. The number of aromatic nitrogens is 2. The van der Waals surface area contributed by atoms with Gasteiger partial charge in [-0.05, 0) is 26.2 Å². The van der Waals surface area contributed by atoms with Gasteiger partial charge < -0.3 is 5.32 Å². The van der Waals surface area contributed by atoms with E-state index in [1.165, 1.54) is 0 Å². The standard InChI is InChI=1S/C11H18N4O2/c1-4-5-8-9(15(16)17)10(14(3)13-8)12-11(2)6-7-11/h12H,4-7H2,1-3H3. The van der Waals surface area contributed by atoms with Crippen LogP contribution in [0.5, 0.6) is 0 Å². The Balaban J connectivity index is 2.37. The number of rotatable bonds is 5. The van der Waals surface area contributed by atoms with E-state index in [4.69, 9.17) is 0 Å². The van der Waals surface area contributed by atoms with Crippen molar-refractivity contribution in [3.8, 4) is 0 Å². The summed E-state index contributed by atoms with van der Waals surface area (Å²) in [6.45, 7) is 4.07. The Bertz CT molecular complexity index is 449. The van der Waals surface area contributed by atoms with E-state index < -0.39 is 0 Å². The maximum absolute atomic E-state index is 11.1. The highest BCUT2D eigenvalue weighted by Gasteiger charge is 2.40. The second kappa shape index (κ2) is 4.01. The molecule has 1 heterocycles. The largest absolute Gasteiger partial charge is 0.359 e. The molecular weight excluding hydrogens is 220 g/mol. The molecule has 1 saturated carbocycles. The van der Waals surface area contributed by atoms with Crippen molar-refractivity contribution in [2.24, 2.45) is 7.05 Å². The molecule has 1 aromatic heterocycles. The van der Waals surface area contributed by atoms with E-state index >= 15 is 0 Å². The molecule has 0 amide bonds. The van der Waals surface area contributed by atoms with E-state index in [1.54, 1.807) is 11.7 Å². The van der Waals surface area contributed by atoms with Crippen LogP contribution in [0.3, 0.4) is 0 Å². The van der Waals surface area contributed by atoms with E-state index in [1.807, 2.05) is 6.92 Å². The van der Waals surface area contributed by atoms with Gasteiger partial charge in [0.15, 0.2) is 0 Å². The number of aryl methyl sites for hydroxylation is 2. The summed E-state index contributed by atoms with van der Waals surface area (Å²) in [7, 11) is 1.75. The minimum atomic E-state index is -0.327. The molecule has 1 aliphatic carbocycles. The van der Waals surface area contributed by atoms with Gasteiger partial charge in [-0.1, -0.05) is 13.3 Å². The molecule has 0 radical (unpaired) electrons. The van der Waals surface area contributed by atoms with Crippen LogP contribution >= 0.6 is 0 Å². The second-order valence-electron chi connectivity index (χ2n) is 4.96. The first-order valence-corrected chi connectivity index (χ1v) is 5.95. The van der Waals surface area contributed by atoms with Crippen LogP contribution in [0.4, 0.5) is 11.5 Å². The van der Waals surface area contributed by atoms with E-state index in [0.29, 0.717) is 17.9 Å². The topological polar surface area (TPSA) is 73.0 Å². The molecule has 0 unspecified atom stereocenters. The van der Waals surface area contributed by atoms with E-state index in [2.05, 4.69) is 17.3 Å². The van der Waals surface area contributed by atoms with Gasteiger partial charge in [0.1, 0.15) is 5.69 Å². The summed E-state index contributed by atoms with van der Waals surface area (Å²) in [6, 6.07) is 0. The van der Waals surface area contributed by atoms with E-state index in [-0.39, 0.29) is 16.1 Å². The quantitative estimate of drug-likeness (QED) is 0.630. The highest BCUT2D eigenvalue weighted by molar-refractivity contribution is 5.61. The fourth-order valence-electron chi connectivity index (χ4n) is 1.90. The second-order valence-corrected chi connectivity index (χ2v) is 4.96. The molecule has 0 saturated heterocycles. The molecule has 6 nitrogen and oxygen atoms in total. The lowest BCUT2D eigenvalue weighted by Crippen LogP contribution is -2.19. The van der Waals surface area contributed by atoms with Crippen LogP contribution in [-0.2, 0) is 13.5 Å². The van der Waals surface area contributed by atoms with Crippen LogP contribution in [0.2, 0.25) is 0 Å². The molecule has 17 heavy (non-hydrogen) atoms. The van der Waals surface area contributed by atoms with Crippen LogP contribution in [0.25, 0.3) is 0 Å². The Hall–Kier alpha value is -1.59. The van der Waals surface area contributed by atoms with Crippen molar-refractivity contribution in [3.63, 3.8) is 0 Å². The number of hydrogen-bond acceptors (Lipinski definition) is 4. The zero-order chi connectivity index (χ0) is 12.6. The fraction of sp³-hybridized carbons (Fsp3) is 0.727. The average Bonchev–Trinajstić information content (AvgIpc) is 2.87. The number of nitro groups is 1. The number of anilines is 1. The maximum atomic E-state index is 11.1. The monoisotopic (exact) mass is 238 g/mol. The number of nitrogens with one attached hydrogen (secondary N) is 1. The van der Waals surface area contributed by atoms with Crippen LogP contribution in [-0.4, -0.2) is 20.2 Å². The summed E-state index contributed by atoms with van der Waals surface area (Å²) >= 11 is 0. The highest BCUT2D eigenvalue weighted by Crippen LogP contribution is 2.41. The lowest BCUT2D eigenvalue weighted by Gasteiger charge is -2.11. The van der Waals surface area contributed by atoms with Crippen molar-refractivity contribution < 1.29 is 4.92 Å². The first kappa shape index (κ1) is 11.9. The van der Waals surface area contributed by atoms with E-state index in [9.17, 15) is 10.1 Å². The summed E-state index contributed by atoms with van der Waals surface area (Å²) in [4.78, 5) is 10.8. The SMILES string of the molecule is CCCc1nn(C)c(NC2(C)CC2)c1[N+](=O)[O-]. The van der Waals surface area contributed by atoms with Gasteiger partial charge in [0, 0.05) is 12.6 Å². The molecule has 6 heteroatoms. The summed E-state index contributed by atoms with van der Waals surface area (Å²) in [5, 5.41) is 18.6. The maximum Gasteiger partial charge on any atom is 0.334 e. The summed E-state index contributed by atoms with van der Waals surface area (Å²) in [5.41, 5.74) is 0.733. The van der Waals surface area contributed by atoms with Crippen LogP contribution in [0.1, 0.15) is 38.8 Å². The van der Waals surface area contributed by atoms with Crippen molar-refractivity contribution in [1.82, 2.24) is 9.78 Å². The molecule has 1 aromatic rings. The minimum Gasteiger partial charge on any atom is -0.359 e. The Labute approximate surface area is 100 Å². The molecule has 0 aliphatic heterocycles. The van der Waals surface area contributed by atoms with Gasteiger partial charge in [-0.25, -0.2) is 4.68 Å². The average molecular weight is 238 g/mol. The van der Waals surface area contributed by atoms with Crippen molar-refractivity contribution in [2.75, 3.05) is 5.32 Å². The summed E-state index contributed by atoms with van der Waals surface area (Å²) < 4.78 is 1.59. The molecule has 1 N–H and O–H groups in total. The molecule has 0 spiro atoms. The Kier molecular flexibility index (Phi) is 2.81. The Morgan fingerprint density at radius 3 is 2.71 bits per heavy atom. The van der Waals surface area contributed by atoms with Gasteiger partial charge >= 0.3 is 5.69 Å². The molecule has 1 fully saturated rings. The van der Waals surface area contributed by atoms with Crippen LogP contribution in [0, 0.1) is 10.1 Å². The third-order valence-corrected chi connectivity index (χ3v) is 3.18. The summed E-state index contributed by atoms with van der Waals surface area (Å²) in [5.74, 6) is 0.540. The van der Waals surface area contributed by atoms with Crippen LogP contribution < -0.4 is 5.32 Å². The van der Waals surface area contributed by atoms with Gasteiger partial charge in [-0.3, -0.25) is 10.1 Å². The zero-order valence-electron chi connectivity index (χ0n) is 10.5. The number of nitrogens with zero attached hydrogens (tertiary/aromatic N) is 3. The minimum absolute atomic E-state index is 0.0159. The molecule has 0 aromatic carbocycles. The molecular formula is C11H18N4O2. The third-order valence-electron chi connectivity index (χ3n) is 3.18. The molecule has 1 aliphatic rings. The first-order chi connectivity index (χ1) is 7.97. The van der Waals surface area contributed by atoms with Crippen molar-refractivity contribution >= 4 is 11.5 Å². The van der Waals surface area contributed by atoms with Crippen LogP contribution in [0.15, 0.2) is 0 Å². The van der Waals surface area contributed by atoms with Gasteiger partial charge in [0.25, 0.3) is 0 Å². The normalized spacial score (nSPS) is 16.9. The van der Waals surface area contributed by atoms with Gasteiger partial charge in [0.05, 0.1) is 4.92 Å². The molecule has 0 atom stereocenters. The van der Waals surface area contributed by atoms with Gasteiger partial charge in [0.2, 0.25) is 5.82 Å². The molecule has 2 rings (SSSR count). The predicted molar refractivity (Wildman–Crippen MR) is 65.1 cm³/mol. The van der Waals surface area contributed by atoms with E-state index in [0.717, 1.165) is 19.3 Å². The Morgan fingerprint density at radius 2 is 2.24 bits per heavy atom. The van der Waals surface area contributed by atoms with Crippen molar-refractivity contribution in [3.05, 3.63) is 15.8 Å². The van der Waals surface area contributed by atoms with Crippen molar-refractivity contribution in [1.29, 1.82) is 0 Å².